The van der Waals surface area contributed by atoms with E-state index in [9.17, 15) is 4.79 Å². The van der Waals surface area contributed by atoms with E-state index in [1.807, 2.05) is 24.4 Å². The van der Waals surface area contributed by atoms with Crippen LogP contribution in [0.1, 0.15) is 48.7 Å². The van der Waals surface area contributed by atoms with Crippen molar-refractivity contribution in [3.63, 3.8) is 0 Å². The molecule has 1 aliphatic heterocycles. The molecule has 1 amide bonds. The van der Waals surface area contributed by atoms with Crippen molar-refractivity contribution in [2.24, 2.45) is 0 Å². The Bertz CT molecular complexity index is 817. The number of likely N-dealkylation sites (N-methyl/N-ethyl adjacent to an activating group) is 1. The predicted molar refractivity (Wildman–Crippen MR) is 104 cm³/mol. The minimum Gasteiger partial charge on any atom is -0.343 e. The molecule has 2 N–H and O–H groups in total. The van der Waals surface area contributed by atoms with Crippen LogP contribution in [-0.2, 0) is 10.3 Å². The van der Waals surface area contributed by atoms with Gasteiger partial charge in [-0.1, -0.05) is 38.1 Å². The van der Waals surface area contributed by atoms with Gasteiger partial charge >= 0.3 is 0 Å². The molecule has 7 heteroatoms. The van der Waals surface area contributed by atoms with Crippen LogP contribution in [0.4, 0.5) is 0 Å². The summed E-state index contributed by atoms with van der Waals surface area (Å²) in [6, 6.07) is 8.18. The predicted octanol–water partition coefficient (Wildman–Crippen LogP) is 4.02. The average molecular weight is 421 g/mol. The van der Waals surface area contributed by atoms with E-state index in [1.54, 1.807) is 7.05 Å². The number of carbonyl (C=O) groups excluding carboxylic acids is 1. The van der Waals surface area contributed by atoms with Gasteiger partial charge in [-0.3, -0.25) is 15.1 Å². The van der Waals surface area contributed by atoms with Crippen molar-refractivity contribution < 1.29 is 4.79 Å². The van der Waals surface area contributed by atoms with Crippen molar-refractivity contribution in [3.8, 4) is 0 Å². The highest BCUT2D eigenvalue weighted by Gasteiger charge is 2.50. The highest BCUT2D eigenvalue weighted by atomic mass is 79.9. The Balaban J connectivity index is 2.10. The monoisotopic (exact) mass is 420 g/mol. The molecule has 0 bridgehead atoms. The maximum Gasteiger partial charge on any atom is 0.239 e. The van der Waals surface area contributed by atoms with E-state index in [2.05, 4.69) is 52.2 Å². The summed E-state index contributed by atoms with van der Waals surface area (Å²) >= 11 is 4.87. The van der Waals surface area contributed by atoms with Crippen molar-refractivity contribution in [3.05, 3.63) is 50.4 Å². The second-order valence-corrected chi connectivity index (χ2v) is 8.47. The molecule has 3 rings (SSSR count). The molecule has 1 aliphatic rings. The van der Waals surface area contributed by atoms with Crippen LogP contribution in [0.25, 0.3) is 0 Å². The number of carbonyl (C=O) groups is 1. The van der Waals surface area contributed by atoms with Crippen LogP contribution in [0.3, 0.4) is 0 Å². The quantitative estimate of drug-likeness (QED) is 0.787. The van der Waals surface area contributed by atoms with Crippen molar-refractivity contribution in [1.82, 2.24) is 15.2 Å². The number of hydrogen-bond donors (Lipinski definition) is 2. The fourth-order valence-electron chi connectivity index (χ4n) is 3.17. The molecule has 132 valence electrons. The Morgan fingerprint density at radius 1 is 1.36 bits per heavy atom. The molecule has 1 aromatic carbocycles. The van der Waals surface area contributed by atoms with Crippen LogP contribution in [0.5, 0.6) is 0 Å². The molecule has 0 aliphatic carbocycles. The molecule has 2 atom stereocenters. The van der Waals surface area contributed by atoms with Crippen molar-refractivity contribution in [2.45, 2.75) is 38.1 Å². The summed E-state index contributed by atoms with van der Waals surface area (Å²) < 4.78 is 0.738. The van der Waals surface area contributed by atoms with Crippen molar-refractivity contribution in [1.29, 1.82) is 5.41 Å². The van der Waals surface area contributed by atoms with Gasteiger partial charge in [0.05, 0.1) is 5.92 Å². The topological polar surface area (TPSA) is 69.1 Å². The Kier molecular flexibility index (Phi) is 4.72. The van der Waals surface area contributed by atoms with Crippen LogP contribution in [0, 0.1) is 5.41 Å². The number of benzene rings is 1. The molecule has 0 radical (unpaired) electrons. The summed E-state index contributed by atoms with van der Waals surface area (Å²) in [4.78, 5) is 19.0. The number of nitrogens with zero attached hydrogens (tertiary/aromatic N) is 2. The first kappa shape index (κ1) is 18.1. The van der Waals surface area contributed by atoms with Crippen LogP contribution in [0.15, 0.2) is 34.2 Å². The van der Waals surface area contributed by atoms with E-state index in [1.165, 1.54) is 21.8 Å². The van der Waals surface area contributed by atoms with Gasteiger partial charge in [0, 0.05) is 12.4 Å². The zero-order valence-electron chi connectivity index (χ0n) is 14.6. The third-order valence-electron chi connectivity index (χ3n) is 4.73. The summed E-state index contributed by atoms with van der Waals surface area (Å²) in [5.41, 5.74) is 1.39. The molecule has 1 aromatic heterocycles. The number of amides is 1. The number of nitrogens with one attached hydrogen (secondary N) is 2. The maximum absolute atomic E-state index is 13.1. The fraction of sp³-hybridized carbons (Fsp3) is 0.389. The normalized spacial score (nSPS) is 23.9. The van der Waals surface area contributed by atoms with Gasteiger partial charge in [-0.2, -0.15) is 0 Å². The molecular formula is C18H21BrN4OS. The van der Waals surface area contributed by atoms with Crippen LogP contribution in [-0.4, -0.2) is 28.8 Å². The fourth-order valence-corrected chi connectivity index (χ4v) is 4.57. The van der Waals surface area contributed by atoms with Gasteiger partial charge in [-0.25, -0.2) is 4.98 Å². The first-order valence-electron chi connectivity index (χ1n) is 8.09. The Labute approximate surface area is 160 Å². The van der Waals surface area contributed by atoms with E-state index in [-0.39, 0.29) is 11.9 Å². The van der Waals surface area contributed by atoms with Crippen LogP contribution < -0.4 is 5.32 Å². The van der Waals surface area contributed by atoms with Crippen molar-refractivity contribution >= 4 is 39.1 Å². The van der Waals surface area contributed by atoms with E-state index >= 15 is 0 Å². The van der Waals surface area contributed by atoms with Gasteiger partial charge in [0.25, 0.3) is 0 Å². The number of rotatable bonds is 3. The summed E-state index contributed by atoms with van der Waals surface area (Å²) in [5.74, 6) is -0.0269. The highest BCUT2D eigenvalue weighted by Crippen LogP contribution is 2.42. The average Bonchev–Trinajstić information content (AvgIpc) is 3.00. The summed E-state index contributed by atoms with van der Waals surface area (Å²) in [6.07, 6.45) is 0. The molecule has 0 spiro atoms. The number of aromatic nitrogens is 1. The van der Waals surface area contributed by atoms with Gasteiger partial charge in [0.1, 0.15) is 15.1 Å². The molecular weight excluding hydrogens is 400 g/mol. The molecule has 5 nitrogen and oxygen atoms in total. The minimum absolute atomic E-state index is 0.0915. The molecule has 0 saturated carbocycles. The first-order chi connectivity index (χ1) is 11.7. The molecule has 2 heterocycles. The number of halogens is 1. The summed E-state index contributed by atoms with van der Waals surface area (Å²) in [7, 11) is 1.63. The molecule has 2 aromatic rings. The number of guanidine groups is 1. The van der Waals surface area contributed by atoms with Gasteiger partial charge in [-0.05, 0) is 39.9 Å². The zero-order valence-corrected chi connectivity index (χ0v) is 17.0. The molecule has 25 heavy (non-hydrogen) atoms. The standard InChI is InChI=1S/C18H21BrN4OS/c1-10(2)11-5-7-12(8-6-11)14-15(24)23(4)17(20)22-18(14,3)16-21-13(19)9-25-16/h5-10,14H,1-4H3,(H2,20,22)/t14-,18-/m0/s1. The first-order valence-corrected chi connectivity index (χ1v) is 9.77. The Morgan fingerprint density at radius 2 is 2.00 bits per heavy atom. The Hall–Kier alpha value is -1.73. The lowest BCUT2D eigenvalue weighted by atomic mass is 9.78. The maximum atomic E-state index is 13.1. The third kappa shape index (κ3) is 3.11. The second kappa shape index (κ2) is 6.53. The van der Waals surface area contributed by atoms with Gasteiger partial charge in [-0.15, -0.1) is 11.3 Å². The van der Waals surface area contributed by atoms with Gasteiger partial charge in [0.2, 0.25) is 5.91 Å². The third-order valence-corrected chi connectivity index (χ3v) is 6.51. The van der Waals surface area contributed by atoms with Crippen LogP contribution in [0.2, 0.25) is 0 Å². The lowest BCUT2D eigenvalue weighted by Crippen LogP contribution is -2.62. The zero-order chi connectivity index (χ0) is 18.4. The van der Waals surface area contributed by atoms with Crippen LogP contribution >= 0.6 is 27.3 Å². The largest absolute Gasteiger partial charge is 0.343 e. The molecule has 1 fully saturated rings. The molecule has 0 unspecified atom stereocenters. The van der Waals surface area contributed by atoms with Crippen molar-refractivity contribution in [2.75, 3.05) is 7.05 Å². The second-order valence-electron chi connectivity index (χ2n) is 6.80. The number of thiazole rings is 1. The van der Waals surface area contributed by atoms with E-state index in [4.69, 9.17) is 5.41 Å². The van der Waals surface area contributed by atoms with E-state index in [0.717, 1.165) is 15.2 Å². The Morgan fingerprint density at radius 3 is 2.52 bits per heavy atom. The highest BCUT2D eigenvalue weighted by molar-refractivity contribution is 9.10. The SMILES string of the molecule is CC(C)c1ccc([C@H]2C(=O)N(C)C(=N)N[C@]2(C)c2nc(Br)cs2)cc1. The van der Waals surface area contributed by atoms with Gasteiger partial charge in [0.15, 0.2) is 5.96 Å². The van der Waals surface area contributed by atoms with E-state index < -0.39 is 11.5 Å². The lowest BCUT2D eigenvalue weighted by Gasteiger charge is -2.44. The summed E-state index contributed by atoms with van der Waals surface area (Å²) in [5, 5.41) is 14.0. The van der Waals surface area contributed by atoms with E-state index in [0.29, 0.717) is 5.92 Å². The lowest BCUT2D eigenvalue weighted by molar-refractivity contribution is -0.131. The number of hydrogen-bond acceptors (Lipinski definition) is 4. The smallest absolute Gasteiger partial charge is 0.239 e. The minimum atomic E-state index is -0.767. The molecule has 1 saturated heterocycles. The summed E-state index contributed by atoms with van der Waals surface area (Å²) in [6.45, 7) is 6.24. The van der Waals surface area contributed by atoms with Gasteiger partial charge < -0.3 is 5.32 Å².